The molecule has 0 atom stereocenters. The van der Waals surface area contributed by atoms with Crippen molar-refractivity contribution in [2.75, 3.05) is 7.05 Å². The zero-order chi connectivity index (χ0) is 16.4. The van der Waals surface area contributed by atoms with E-state index in [2.05, 4.69) is 5.10 Å². The second kappa shape index (κ2) is 6.34. The van der Waals surface area contributed by atoms with Crippen molar-refractivity contribution >= 4 is 28.1 Å². The molecule has 0 saturated carbocycles. The number of fused-ring (bicyclic) bond motifs is 1. The zero-order valence-electron chi connectivity index (χ0n) is 13.0. The van der Waals surface area contributed by atoms with Gasteiger partial charge in [-0.15, -0.1) is 11.3 Å². The monoisotopic (exact) mass is 327 g/mol. The highest BCUT2D eigenvalue weighted by molar-refractivity contribution is 7.09. The van der Waals surface area contributed by atoms with Gasteiger partial charge in [0.05, 0.1) is 12.1 Å². The summed E-state index contributed by atoms with van der Waals surface area (Å²) >= 11 is 1.58. The molecule has 0 bridgehead atoms. The lowest BCUT2D eigenvalue weighted by Crippen LogP contribution is -2.33. The Hall–Kier alpha value is -2.47. The van der Waals surface area contributed by atoms with Gasteiger partial charge in [-0.3, -0.25) is 14.3 Å². The maximum atomic E-state index is 12.7. The van der Waals surface area contributed by atoms with E-state index in [0.29, 0.717) is 18.5 Å². The van der Waals surface area contributed by atoms with Crippen LogP contribution in [0.5, 0.6) is 0 Å². The first-order chi connectivity index (χ1) is 11.1. The number of nitrogens with zero attached hydrogens (tertiary/aromatic N) is 3. The van der Waals surface area contributed by atoms with Crippen molar-refractivity contribution < 1.29 is 4.79 Å². The van der Waals surface area contributed by atoms with E-state index in [0.717, 1.165) is 10.4 Å². The standard InChI is InChI=1S/C17H17N3O2S/c1-3-20-14-9-5-4-8-13(14)16(21)15(18-20)17(22)19(2)11-12-7-6-10-23-12/h4-10H,3,11H2,1-2H3. The largest absolute Gasteiger partial charge is 0.335 e. The fourth-order valence-electron chi connectivity index (χ4n) is 2.51. The maximum absolute atomic E-state index is 12.7. The Labute approximate surface area is 137 Å². The lowest BCUT2D eigenvalue weighted by Gasteiger charge is -2.17. The van der Waals surface area contributed by atoms with E-state index in [9.17, 15) is 9.59 Å². The molecule has 6 heteroatoms. The van der Waals surface area contributed by atoms with Crippen LogP contribution in [0.1, 0.15) is 22.3 Å². The van der Waals surface area contributed by atoms with Crippen LogP contribution in [0, 0.1) is 0 Å². The van der Waals surface area contributed by atoms with Crippen LogP contribution in [0.4, 0.5) is 0 Å². The zero-order valence-corrected chi connectivity index (χ0v) is 13.8. The number of para-hydroxylation sites is 1. The number of amides is 1. The summed E-state index contributed by atoms with van der Waals surface area (Å²) in [6.45, 7) is 3.00. The summed E-state index contributed by atoms with van der Waals surface area (Å²) in [6, 6.07) is 11.1. The van der Waals surface area contributed by atoms with E-state index in [4.69, 9.17) is 0 Å². The van der Waals surface area contributed by atoms with Gasteiger partial charge in [-0.05, 0) is 30.5 Å². The van der Waals surface area contributed by atoms with Crippen LogP contribution in [-0.4, -0.2) is 27.6 Å². The van der Waals surface area contributed by atoms with Gasteiger partial charge >= 0.3 is 0 Å². The van der Waals surface area contributed by atoms with Crippen LogP contribution in [0.2, 0.25) is 0 Å². The van der Waals surface area contributed by atoms with E-state index in [1.165, 1.54) is 4.90 Å². The molecule has 0 unspecified atom stereocenters. The van der Waals surface area contributed by atoms with E-state index < -0.39 is 0 Å². The molecule has 0 fully saturated rings. The Bertz CT molecular complexity index is 900. The van der Waals surface area contributed by atoms with Gasteiger partial charge in [-0.1, -0.05) is 18.2 Å². The molecule has 0 aliphatic rings. The molecule has 2 aromatic heterocycles. The summed E-state index contributed by atoms with van der Waals surface area (Å²) < 4.78 is 1.70. The van der Waals surface area contributed by atoms with E-state index >= 15 is 0 Å². The van der Waals surface area contributed by atoms with Gasteiger partial charge in [-0.2, -0.15) is 5.10 Å². The van der Waals surface area contributed by atoms with E-state index in [-0.39, 0.29) is 17.0 Å². The van der Waals surface area contributed by atoms with Gasteiger partial charge in [0.1, 0.15) is 0 Å². The number of aromatic nitrogens is 2. The molecule has 23 heavy (non-hydrogen) atoms. The van der Waals surface area contributed by atoms with E-state index in [1.54, 1.807) is 35.2 Å². The first-order valence-corrected chi connectivity index (χ1v) is 8.27. The van der Waals surface area contributed by atoms with Crippen molar-refractivity contribution in [1.82, 2.24) is 14.7 Å². The number of benzene rings is 1. The van der Waals surface area contributed by atoms with Crippen LogP contribution in [-0.2, 0) is 13.1 Å². The van der Waals surface area contributed by atoms with Crippen LogP contribution < -0.4 is 5.43 Å². The summed E-state index contributed by atoms with van der Waals surface area (Å²) in [4.78, 5) is 27.9. The van der Waals surface area contributed by atoms with Gasteiger partial charge in [0.25, 0.3) is 5.91 Å². The summed E-state index contributed by atoms with van der Waals surface area (Å²) in [5, 5.41) is 6.78. The van der Waals surface area contributed by atoms with Crippen molar-refractivity contribution in [2.24, 2.45) is 0 Å². The predicted molar refractivity (Wildman–Crippen MR) is 91.8 cm³/mol. The van der Waals surface area contributed by atoms with Crippen molar-refractivity contribution in [3.05, 3.63) is 62.6 Å². The van der Waals surface area contributed by atoms with Gasteiger partial charge in [0, 0.05) is 23.9 Å². The van der Waals surface area contributed by atoms with Gasteiger partial charge < -0.3 is 4.90 Å². The number of carbonyl (C=O) groups excluding carboxylic acids is 1. The fraction of sp³-hybridized carbons (Fsp3) is 0.235. The third-order valence-corrected chi connectivity index (χ3v) is 4.55. The first-order valence-electron chi connectivity index (χ1n) is 7.39. The average molecular weight is 327 g/mol. The van der Waals surface area contributed by atoms with Crippen LogP contribution in [0.3, 0.4) is 0 Å². The SMILES string of the molecule is CCn1nc(C(=O)N(C)Cc2cccs2)c(=O)c2ccccc21. The highest BCUT2D eigenvalue weighted by Gasteiger charge is 2.20. The van der Waals surface area contributed by atoms with E-state index in [1.807, 2.05) is 36.6 Å². The summed E-state index contributed by atoms with van der Waals surface area (Å²) in [5.41, 5.74) is 0.412. The molecule has 3 aromatic rings. The quantitative estimate of drug-likeness (QED) is 0.740. The molecule has 118 valence electrons. The molecule has 5 nitrogen and oxygen atoms in total. The molecule has 0 N–H and O–H groups in total. The van der Waals surface area contributed by atoms with Crippen molar-refractivity contribution in [1.29, 1.82) is 0 Å². The summed E-state index contributed by atoms with van der Waals surface area (Å²) in [7, 11) is 1.69. The minimum atomic E-state index is -0.351. The van der Waals surface area contributed by atoms with Crippen molar-refractivity contribution in [3.8, 4) is 0 Å². The number of rotatable bonds is 4. The Morgan fingerprint density at radius 1 is 1.26 bits per heavy atom. The lowest BCUT2D eigenvalue weighted by molar-refractivity contribution is 0.0777. The second-order valence-electron chi connectivity index (χ2n) is 5.25. The molecule has 2 heterocycles. The van der Waals surface area contributed by atoms with Gasteiger partial charge in [0.2, 0.25) is 5.43 Å². The third kappa shape index (κ3) is 2.90. The van der Waals surface area contributed by atoms with Gasteiger partial charge in [0.15, 0.2) is 5.69 Å². The summed E-state index contributed by atoms with van der Waals surface area (Å²) in [6.07, 6.45) is 0. The number of hydrogen-bond acceptors (Lipinski definition) is 4. The normalized spacial score (nSPS) is 10.9. The second-order valence-corrected chi connectivity index (χ2v) is 6.28. The Kier molecular flexibility index (Phi) is 4.25. The predicted octanol–water partition coefficient (Wildman–Crippen LogP) is 2.75. The Morgan fingerprint density at radius 2 is 2.04 bits per heavy atom. The van der Waals surface area contributed by atoms with Crippen molar-refractivity contribution in [3.63, 3.8) is 0 Å². The fourth-order valence-corrected chi connectivity index (χ4v) is 3.27. The lowest BCUT2D eigenvalue weighted by atomic mass is 10.2. The minimum Gasteiger partial charge on any atom is -0.335 e. The number of thiophene rings is 1. The highest BCUT2D eigenvalue weighted by Crippen LogP contribution is 2.13. The van der Waals surface area contributed by atoms with Crippen molar-refractivity contribution in [2.45, 2.75) is 20.0 Å². The summed E-state index contributed by atoms with van der Waals surface area (Å²) in [5.74, 6) is -0.351. The number of carbonyl (C=O) groups is 1. The molecule has 0 saturated heterocycles. The topological polar surface area (TPSA) is 55.2 Å². The molecular weight excluding hydrogens is 310 g/mol. The highest BCUT2D eigenvalue weighted by atomic mass is 32.1. The average Bonchev–Trinajstić information content (AvgIpc) is 3.08. The van der Waals surface area contributed by atoms with Crippen LogP contribution >= 0.6 is 11.3 Å². The Balaban J connectivity index is 2.03. The number of aryl methyl sites for hydroxylation is 1. The third-order valence-electron chi connectivity index (χ3n) is 3.68. The smallest absolute Gasteiger partial charge is 0.278 e. The Morgan fingerprint density at radius 3 is 2.74 bits per heavy atom. The molecule has 1 aromatic carbocycles. The number of hydrogen-bond donors (Lipinski definition) is 0. The molecule has 3 rings (SSSR count). The van der Waals surface area contributed by atoms with Crippen LogP contribution in [0.25, 0.3) is 10.9 Å². The molecule has 0 aliphatic carbocycles. The molecule has 0 radical (unpaired) electrons. The molecule has 1 amide bonds. The maximum Gasteiger partial charge on any atom is 0.278 e. The first kappa shape index (κ1) is 15.4. The molecule has 0 aliphatic heterocycles. The van der Waals surface area contributed by atoms with Crippen LogP contribution in [0.15, 0.2) is 46.6 Å². The molecule has 0 spiro atoms. The van der Waals surface area contributed by atoms with Gasteiger partial charge in [-0.25, -0.2) is 0 Å². The minimum absolute atomic E-state index is 0.0235. The molecular formula is C17H17N3O2S.